The molecule has 0 bridgehead atoms. The van der Waals surface area contributed by atoms with Crippen LogP contribution in [0.4, 0.5) is 16.2 Å². The lowest BCUT2D eigenvalue weighted by Gasteiger charge is -2.36. The van der Waals surface area contributed by atoms with Gasteiger partial charge in [-0.25, -0.2) is 4.79 Å². The second kappa shape index (κ2) is 6.92. The minimum atomic E-state index is -0.0836. The van der Waals surface area contributed by atoms with Crippen molar-refractivity contribution in [2.24, 2.45) is 0 Å². The molecule has 132 valence electrons. The van der Waals surface area contributed by atoms with Gasteiger partial charge in [0, 0.05) is 55.0 Å². The Hall–Kier alpha value is -3.28. The standard InChI is InChI=1S/C20H20N4O2/c25-17-6-4-16(5-7-17)23-10-12-24(13-11-23)20(26)22-19-3-1-2-15-14-21-9-8-18(15)19/h1-9,14,25H,10-13H2,(H,22,26). The fraction of sp³-hybridized carbons (Fsp3) is 0.200. The number of aromatic nitrogens is 1. The number of anilines is 2. The van der Waals surface area contributed by atoms with Crippen LogP contribution in [-0.2, 0) is 0 Å². The van der Waals surface area contributed by atoms with Crippen LogP contribution in [0.15, 0.2) is 60.9 Å². The Kier molecular flexibility index (Phi) is 4.31. The summed E-state index contributed by atoms with van der Waals surface area (Å²) in [7, 11) is 0. The van der Waals surface area contributed by atoms with Gasteiger partial charge in [-0.2, -0.15) is 0 Å². The largest absolute Gasteiger partial charge is 0.508 e. The number of pyridine rings is 1. The molecular weight excluding hydrogens is 328 g/mol. The first kappa shape index (κ1) is 16.2. The van der Waals surface area contributed by atoms with Crippen molar-refractivity contribution in [3.8, 4) is 5.75 Å². The van der Waals surface area contributed by atoms with E-state index >= 15 is 0 Å². The minimum absolute atomic E-state index is 0.0836. The number of carbonyl (C=O) groups excluding carboxylic acids is 1. The maximum Gasteiger partial charge on any atom is 0.321 e. The summed E-state index contributed by atoms with van der Waals surface area (Å²) in [5.74, 6) is 0.261. The van der Waals surface area contributed by atoms with Crippen molar-refractivity contribution in [2.45, 2.75) is 0 Å². The molecule has 0 spiro atoms. The maximum atomic E-state index is 12.6. The molecule has 0 unspecified atom stereocenters. The van der Waals surface area contributed by atoms with E-state index in [1.165, 1.54) is 0 Å². The highest BCUT2D eigenvalue weighted by Crippen LogP contribution is 2.23. The van der Waals surface area contributed by atoms with Gasteiger partial charge in [0.05, 0.1) is 5.69 Å². The molecule has 0 aliphatic carbocycles. The summed E-state index contributed by atoms with van der Waals surface area (Å²) < 4.78 is 0. The molecule has 4 rings (SSSR count). The Bertz CT molecular complexity index is 913. The number of rotatable bonds is 2. The molecule has 3 aromatic rings. The van der Waals surface area contributed by atoms with Gasteiger partial charge < -0.3 is 20.2 Å². The predicted molar refractivity (Wildman–Crippen MR) is 103 cm³/mol. The highest BCUT2D eigenvalue weighted by atomic mass is 16.3. The van der Waals surface area contributed by atoms with E-state index in [0.717, 1.165) is 35.2 Å². The van der Waals surface area contributed by atoms with Crippen LogP contribution in [0.3, 0.4) is 0 Å². The molecule has 1 fully saturated rings. The fourth-order valence-electron chi connectivity index (χ4n) is 3.26. The highest BCUT2D eigenvalue weighted by Gasteiger charge is 2.21. The van der Waals surface area contributed by atoms with Crippen LogP contribution in [0.1, 0.15) is 0 Å². The lowest BCUT2D eigenvalue weighted by atomic mass is 10.1. The molecule has 0 radical (unpaired) electrons. The van der Waals surface area contributed by atoms with Crippen LogP contribution in [-0.4, -0.2) is 47.2 Å². The zero-order chi connectivity index (χ0) is 17.9. The van der Waals surface area contributed by atoms with Gasteiger partial charge in [-0.1, -0.05) is 12.1 Å². The number of carbonyl (C=O) groups is 1. The Morgan fingerprint density at radius 3 is 2.54 bits per heavy atom. The van der Waals surface area contributed by atoms with Gasteiger partial charge in [0.15, 0.2) is 0 Å². The molecule has 26 heavy (non-hydrogen) atoms. The third kappa shape index (κ3) is 3.26. The first-order chi connectivity index (χ1) is 12.7. The van der Waals surface area contributed by atoms with Gasteiger partial charge in [-0.15, -0.1) is 0 Å². The average molecular weight is 348 g/mol. The molecule has 1 aliphatic rings. The highest BCUT2D eigenvalue weighted by molar-refractivity contribution is 6.01. The molecule has 2 N–H and O–H groups in total. The lowest BCUT2D eigenvalue weighted by molar-refractivity contribution is 0.208. The quantitative estimate of drug-likeness (QED) is 0.746. The zero-order valence-electron chi connectivity index (χ0n) is 14.3. The third-order valence-electron chi connectivity index (χ3n) is 4.70. The number of aromatic hydroxyl groups is 1. The fourth-order valence-corrected chi connectivity index (χ4v) is 3.26. The van der Waals surface area contributed by atoms with Gasteiger partial charge in [0.2, 0.25) is 0 Å². The monoisotopic (exact) mass is 348 g/mol. The number of piperazine rings is 1. The Morgan fingerprint density at radius 1 is 1.00 bits per heavy atom. The number of nitrogens with zero attached hydrogens (tertiary/aromatic N) is 3. The molecule has 1 saturated heterocycles. The van der Waals surface area contributed by atoms with Crippen LogP contribution in [0.25, 0.3) is 10.8 Å². The topological polar surface area (TPSA) is 68.7 Å². The molecule has 0 saturated carbocycles. The Morgan fingerprint density at radius 2 is 1.77 bits per heavy atom. The Labute approximate surface area is 151 Å². The van der Waals surface area contributed by atoms with Crippen molar-refractivity contribution in [1.82, 2.24) is 9.88 Å². The van der Waals surface area contributed by atoms with Crippen molar-refractivity contribution >= 4 is 28.2 Å². The van der Waals surface area contributed by atoms with E-state index in [1.807, 2.05) is 41.3 Å². The van der Waals surface area contributed by atoms with E-state index in [2.05, 4.69) is 15.2 Å². The van der Waals surface area contributed by atoms with E-state index in [1.54, 1.807) is 24.5 Å². The van der Waals surface area contributed by atoms with E-state index in [-0.39, 0.29) is 11.8 Å². The van der Waals surface area contributed by atoms with Crippen LogP contribution < -0.4 is 10.2 Å². The van der Waals surface area contributed by atoms with E-state index in [9.17, 15) is 9.90 Å². The van der Waals surface area contributed by atoms with Crippen molar-refractivity contribution in [3.05, 3.63) is 60.9 Å². The second-order valence-electron chi connectivity index (χ2n) is 6.32. The third-order valence-corrected chi connectivity index (χ3v) is 4.70. The molecule has 1 aromatic heterocycles. The molecule has 0 atom stereocenters. The second-order valence-corrected chi connectivity index (χ2v) is 6.32. The normalized spacial score (nSPS) is 14.5. The van der Waals surface area contributed by atoms with Crippen LogP contribution >= 0.6 is 0 Å². The molecule has 6 nitrogen and oxygen atoms in total. The summed E-state index contributed by atoms with van der Waals surface area (Å²) in [4.78, 5) is 20.8. The van der Waals surface area contributed by atoms with E-state index < -0.39 is 0 Å². The molecule has 2 heterocycles. The van der Waals surface area contributed by atoms with Crippen molar-refractivity contribution in [2.75, 3.05) is 36.4 Å². The molecule has 6 heteroatoms. The number of hydrogen-bond donors (Lipinski definition) is 2. The van der Waals surface area contributed by atoms with Gasteiger partial charge in [-0.3, -0.25) is 4.98 Å². The first-order valence-electron chi connectivity index (χ1n) is 8.63. The SMILES string of the molecule is O=C(Nc1cccc2cnccc12)N1CCN(c2ccc(O)cc2)CC1. The molecule has 2 amide bonds. The molecule has 1 aliphatic heterocycles. The van der Waals surface area contributed by atoms with Gasteiger partial charge in [0.1, 0.15) is 5.75 Å². The number of benzene rings is 2. The molecule has 2 aromatic carbocycles. The van der Waals surface area contributed by atoms with Crippen LogP contribution in [0.5, 0.6) is 5.75 Å². The predicted octanol–water partition coefficient (Wildman–Crippen LogP) is 3.29. The van der Waals surface area contributed by atoms with Gasteiger partial charge in [-0.05, 0) is 36.4 Å². The number of hydrogen-bond acceptors (Lipinski definition) is 4. The van der Waals surface area contributed by atoms with Crippen molar-refractivity contribution < 1.29 is 9.90 Å². The average Bonchev–Trinajstić information content (AvgIpc) is 2.69. The summed E-state index contributed by atoms with van der Waals surface area (Å²) in [5, 5.41) is 14.4. The summed E-state index contributed by atoms with van der Waals surface area (Å²) >= 11 is 0. The van der Waals surface area contributed by atoms with Gasteiger partial charge in [0.25, 0.3) is 0 Å². The number of phenolic OH excluding ortho intramolecular Hbond substituents is 1. The zero-order valence-corrected chi connectivity index (χ0v) is 14.3. The van der Waals surface area contributed by atoms with E-state index in [4.69, 9.17) is 0 Å². The Balaban J connectivity index is 1.41. The summed E-state index contributed by atoms with van der Waals surface area (Å²) in [6, 6.07) is 14.8. The lowest BCUT2D eigenvalue weighted by Crippen LogP contribution is -2.50. The maximum absolute atomic E-state index is 12.6. The number of nitrogens with one attached hydrogen (secondary N) is 1. The number of phenols is 1. The van der Waals surface area contributed by atoms with Crippen molar-refractivity contribution in [3.63, 3.8) is 0 Å². The van der Waals surface area contributed by atoms with Crippen molar-refractivity contribution in [1.29, 1.82) is 0 Å². The summed E-state index contributed by atoms with van der Waals surface area (Å²) in [5.41, 5.74) is 1.86. The smallest absolute Gasteiger partial charge is 0.321 e. The molecular formula is C20H20N4O2. The number of amides is 2. The minimum Gasteiger partial charge on any atom is -0.508 e. The van der Waals surface area contributed by atoms with E-state index in [0.29, 0.717) is 13.1 Å². The van der Waals surface area contributed by atoms with Crippen LogP contribution in [0.2, 0.25) is 0 Å². The first-order valence-corrected chi connectivity index (χ1v) is 8.63. The number of urea groups is 1. The summed E-state index contributed by atoms with van der Waals surface area (Å²) in [6.45, 7) is 2.83. The number of fused-ring (bicyclic) bond motifs is 1. The summed E-state index contributed by atoms with van der Waals surface area (Å²) in [6.07, 6.45) is 3.52. The van der Waals surface area contributed by atoms with Crippen LogP contribution in [0, 0.1) is 0 Å². The van der Waals surface area contributed by atoms with Gasteiger partial charge >= 0.3 is 6.03 Å².